The van der Waals surface area contributed by atoms with Gasteiger partial charge in [-0.25, -0.2) is 10.4 Å². The van der Waals surface area contributed by atoms with Gasteiger partial charge in [0.25, 0.3) is 11.8 Å². The molecule has 6 bridgehead atoms. The summed E-state index contributed by atoms with van der Waals surface area (Å²) in [5, 5.41) is 21.1. The molecule has 0 aliphatic carbocycles. The summed E-state index contributed by atoms with van der Waals surface area (Å²) in [6, 6.07) is 17.0. The van der Waals surface area contributed by atoms with Gasteiger partial charge in [0.2, 0.25) is 11.8 Å². The molecule has 0 radical (unpaired) electrons. The van der Waals surface area contributed by atoms with Gasteiger partial charge in [-0.15, -0.1) is 11.3 Å². The van der Waals surface area contributed by atoms with Crippen molar-refractivity contribution in [2.24, 2.45) is 11.3 Å². The van der Waals surface area contributed by atoms with Crippen LogP contribution >= 0.6 is 11.3 Å². The summed E-state index contributed by atoms with van der Waals surface area (Å²) in [5.74, 6) is -2.67. The fraction of sp³-hybridized carbons (Fsp3) is 0.434. The quantitative estimate of drug-likeness (QED) is 0.0738. The molecule has 1 saturated heterocycles. The Hall–Kier alpha value is -6.36. The molecule has 2 aliphatic rings. The number of phenols is 1. The van der Waals surface area contributed by atoms with Crippen LogP contribution in [0.2, 0.25) is 0 Å². The van der Waals surface area contributed by atoms with E-state index in [0.29, 0.717) is 31.4 Å². The minimum atomic E-state index is -1.19. The van der Waals surface area contributed by atoms with Crippen molar-refractivity contribution >= 4 is 57.7 Å². The van der Waals surface area contributed by atoms with Crippen LogP contribution in [0.5, 0.6) is 5.75 Å². The Morgan fingerprint density at radius 2 is 1.81 bits per heavy atom. The first-order valence-corrected chi connectivity index (χ1v) is 24.7. The number of aromatic nitrogens is 2. The summed E-state index contributed by atoms with van der Waals surface area (Å²) in [4.78, 5) is 77.2. The van der Waals surface area contributed by atoms with Crippen LogP contribution in [0, 0.1) is 11.3 Å². The highest BCUT2D eigenvalue weighted by molar-refractivity contribution is 7.12. The smallest absolute Gasteiger partial charge is 0.324 e. The van der Waals surface area contributed by atoms with Gasteiger partial charge in [-0.3, -0.25) is 29.0 Å². The van der Waals surface area contributed by atoms with Crippen molar-refractivity contribution in [3.8, 4) is 28.1 Å². The summed E-state index contributed by atoms with van der Waals surface area (Å²) in [5.41, 5.74) is 10.5. The van der Waals surface area contributed by atoms with Gasteiger partial charge >= 0.3 is 5.97 Å². The Balaban J connectivity index is 1.25. The zero-order chi connectivity index (χ0) is 49.7. The number of rotatable bonds is 12. The lowest BCUT2D eigenvalue weighted by Gasteiger charge is -2.36. The SMILES string of the molecule is CCc1ccccc1-c1c2c3cc(ccc3n1CC)-c1cc(O)cc(c1)C[C@H](NC(=O)[C@H](C(C)C)N(C)C(=O)c1nc(NC(=O)/C=C/CN(C)C)cs1)C(=O)N1CCC[C@H](N1)C(=O)OCC(C)(C)C2. The average molecular weight is 959 g/mol. The number of esters is 1. The van der Waals surface area contributed by atoms with Crippen molar-refractivity contribution in [3.63, 3.8) is 0 Å². The number of nitrogens with one attached hydrogen (secondary N) is 3. The molecule has 2 aromatic heterocycles. The number of cyclic esters (lactones) is 1. The number of aryl methyl sites for hydroxylation is 2. The van der Waals surface area contributed by atoms with Crippen molar-refractivity contribution < 1.29 is 33.8 Å². The summed E-state index contributed by atoms with van der Waals surface area (Å²) in [6.45, 7) is 13.8. The van der Waals surface area contributed by atoms with Gasteiger partial charge in [-0.2, -0.15) is 0 Å². The molecule has 4 N–H and O–H groups in total. The number of thiazole rings is 1. The molecule has 4 heterocycles. The van der Waals surface area contributed by atoms with Crippen LogP contribution in [0.3, 0.4) is 0 Å². The Morgan fingerprint density at radius 3 is 2.54 bits per heavy atom. The van der Waals surface area contributed by atoms with Crippen LogP contribution in [0.25, 0.3) is 33.3 Å². The maximum Gasteiger partial charge on any atom is 0.324 e. The van der Waals surface area contributed by atoms with Crippen molar-refractivity contribution in [2.75, 3.05) is 46.2 Å². The number of amides is 4. The Morgan fingerprint density at radius 1 is 1.04 bits per heavy atom. The topological polar surface area (TPSA) is 178 Å². The van der Waals surface area contributed by atoms with Crippen LogP contribution in [-0.2, 0) is 49.7 Å². The van der Waals surface area contributed by atoms with E-state index < -0.39 is 59.1 Å². The van der Waals surface area contributed by atoms with Crippen molar-refractivity contribution in [1.82, 2.24) is 35.1 Å². The normalized spacial score (nSPS) is 18.0. The predicted molar refractivity (Wildman–Crippen MR) is 271 cm³/mol. The molecule has 3 aromatic carbocycles. The zero-order valence-electron chi connectivity index (χ0n) is 41.2. The number of hydrogen-bond acceptors (Lipinski definition) is 11. The van der Waals surface area contributed by atoms with Crippen LogP contribution in [0.4, 0.5) is 5.82 Å². The second-order valence-electron chi connectivity index (χ2n) is 19.5. The third-order valence-corrected chi connectivity index (χ3v) is 13.6. The average Bonchev–Trinajstić information content (AvgIpc) is 3.90. The van der Waals surface area contributed by atoms with Gasteiger partial charge in [0, 0.05) is 66.4 Å². The largest absolute Gasteiger partial charge is 0.508 e. The van der Waals surface area contributed by atoms with E-state index in [4.69, 9.17) is 4.74 Å². The van der Waals surface area contributed by atoms with Gasteiger partial charge in [0.05, 0.1) is 12.3 Å². The Kier molecular flexibility index (Phi) is 15.8. The minimum absolute atomic E-state index is 0.00698. The molecule has 7 rings (SSSR count). The molecular weight excluding hydrogens is 893 g/mol. The molecular formula is C53H66N8O7S. The van der Waals surface area contributed by atoms with Crippen molar-refractivity contribution in [1.29, 1.82) is 0 Å². The summed E-state index contributed by atoms with van der Waals surface area (Å²) in [7, 11) is 5.28. The molecule has 0 saturated carbocycles. The van der Waals surface area contributed by atoms with Gasteiger partial charge in [0.15, 0.2) is 5.01 Å². The first kappa shape index (κ1) is 50.5. The second kappa shape index (κ2) is 21.5. The fourth-order valence-electron chi connectivity index (χ4n) is 9.50. The van der Waals surface area contributed by atoms with E-state index in [9.17, 15) is 29.1 Å². The fourth-order valence-corrected chi connectivity index (χ4v) is 10.2. The third-order valence-electron chi connectivity index (χ3n) is 12.8. The molecule has 15 nitrogen and oxygen atoms in total. The zero-order valence-corrected chi connectivity index (χ0v) is 42.0. The first-order valence-electron chi connectivity index (χ1n) is 23.8. The first-order chi connectivity index (χ1) is 32.9. The number of anilines is 1. The summed E-state index contributed by atoms with van der Waals surface area (Å²) in [6.07, 6.45) is 5.49. The van der Waals surface area contributed by atoms with E-state index in [-0.39, 0.29) is 36.1 Å². The standard InChI is InChI=1S/C53H66N8O7S/c1-10-34-16-12-13-17-38(34)47-40-29-53(5,6)31-68-52(67)41-18-14-23-61(57-41)50(65)42(26-33-24-36(27-37(62)25-33)35-20-21-43(39(40)28-35)60(47)11-2)54-48(64)46(32(3)4)59(9)51(66)49-56-44(30-69-49)55-45(63)19-15-22-58(7)8/h12-13,15-17,19-21,24-25,27-28,30,32,41-42,46,57,62H,10-11,14,18,22-23,26,29,31H2,1-9H3,(H,54,64)(H,55,63)/b19-15+/t41-,42-,46-/m0/s1. The van der Waals surface area contributed by atoms with E-state index in [1.165, 1.54) is 28.6 Å². The number of carbonyl (C=O) groups excluding carboxylic acids is 5. The second-order valence-corrected chi connectivity index (χ2v) is 20.4. The number of fused-ring (bicyclic) bond motifs is 6. The summed E-state index contributed by atoms with van der Waals surface area (Å²) < 4.78 is 8.47. The molecule has 366 valence electrons. The number of carbonyl (C=O) groups is 5. The van der Waals surface area contributed by atoms with E-state index in [1.807, 2.05) is 31.1 Å². The van der Waals surface area contributed by atoms with Gasteiger partial charge in [0.1, 0.15) is 29.7 Å². The van der Waals surface area contributed by atoms with E-state index in [2.05, 4.69) is 89.7 Å². The molecule has 3 atom stereocenters. The lowest BCUT2D eigenvalue weighted by Crippen LogP contribution is -2.62. The van der Waals surface area contributed by atoms with E-state index in [1.54, 1.807) is 37.4 Å². The maximum atomic E-state index is 14.8. The number of likely N-dealkylation sites (N-methyl/N-ethyl adjacent to an activating group) is 2. The molecule has 1 fully saturated rings. The Bertz CT molecular complexity index is 2760. The lowest BCUT2D eigenvalue weighted by molar-refractivity contribution is -0.155. The van der Waals surface area contributed by atoms with E-state index in [0.717, 1.165) is 63.2 Å². The molecule has 2 aliphatic heterocycles. The van der Waals surface area contributed by atoms with E-state index >= 15 is 0 Å². The molecule has 69 heavy (non-hydrogen) atoms. The highest BCUT2D eigenvalue weighted by Crippen LogP contribution is 2.41. The third kappa shape index (κ3) is 11.6. The number of hydrazine groups is 1. The molecule has 0 spiro atoms. The van der Waals surface area contributed by atoms with Crippen molar-refractivity contribution in [3.05, 3.63) is 99.9 Å². The Labute approximate surface area is 408 Å². The minimum Gasteiger partial charge on any atom is -0.508 e. The predicted octanol–water partition coefficient (Wildman–Crippen LogP) is 7.22. The highest BCUT2D eigenvalue weighted by atomic mass is 32.1. The van der Waals surface area contributed by atoms with Gasteiger partial charge < -0.3 is 34.8 Å². The highest BCUT2D eigenvalue weighted by Gasteiger charge is 2.38. The van der Waals surface area contributed by atoms with Gasteiger partial charge in [-0.1, -0.05) is 77.1 Å². The van der Waals surface area contributed by atoms with Crippen LogP contribution < -0.4 is 16.1 Å². The molecule has 0 unspecified atom stereocenters. The number of aromatic hydroxyl groups is 1. The summed E-state index contributed by atoms with van der Waals surface area (Å²) >= 11 is 1.04. The van der Waals surface area contributed by atoms with Crippen LogP contribution in [-0.4, -0.2) is 118 Å². The molecule has 4 amide bonds. The van der Waals surface area contributed by atoms with Crippen molar-refractivity contribution in [2.45, 2.75) is 98.3 Å². The number of benzene rings is 3. The number of nitrogens with zero attached hydrogens (tertiary/aromatic N) is 5. The number of ether oxygens (including phenoxy) is 1. The van der Waals surface area contributed by atoms with Gasteiger partial charge in [-0.05, 0) is 105 Å². The monoisotopic (exact) mass is 958 g/mol. The number of phenolic OH excluding ortho intramolecular Hbond substituents is 1. The number of hydrogen-bond donors (Lipinski definition) is 4. The maximum absolute atomic E-state index is 14.8. The van der Waals surface area contributed by atoms with Crippen LogP contribution in [0.1, 0.15) is 80.9 Å². The molecule has 5 aromatic rings. The molecule has 16 heteroatoms. The van der Waals surface area contributed by atoms with Crippen LogP contribution in [0.15, 0.2) is 78.2 Å². The lowest BCUT2D eigenvalue weighted by atomic mass is 9.83.